The van der Waals surface area contributed by atoms with Crippen LogP contribution in [-0.4, -0.2) is 53.8 Å². The minimum atomic E-state index is -3.06. The van der Waals surface area contributed by atoms with Gasteiger partial charge in [0.25, 0.3) is 5.91 Å². The van der Waals surface area contributed by atoms with Crippen molar-refractivity contribution in [3.8, 4) is 0 Å². The predicted molar refractivity (Wildman–Crippen MR) is 105 cm³/mol. The zero-order chi connectivity index (χ0) is 19.6. The number of hydrogen-bond donors (Lipinski definition) is 1. The number of nitrogens with zero attached hydrogens (tertiary/aromatic N) is 3. The maximum atomic E-state index is 12.8. The van der Waals surface area contributed by atoms with Crippen LogP contribution in [-0.2, 0) is 16.3 Å². The average molecular weight is 388 g/mol. The van der Waals surface area contributed by atoms with E-state index in [9.17, 15) is 13.2 Å². The fourth-order valence-electron chi connectivity index (χ4n) is 3.30. The maximum absolute atomic E-state index is 12.8. The van der Waals surface area contributed by atoms with Crippen LogP contribution >= 0.6 is 0 Å². The first-order valence-corrected chi connectivity index (χ1v) is 10.8. The van der Waals surface area contributed by atoms with E-state index >= 15 is 0 Å². The Morgan fingerprint density at radius 3 is 2.78 bits per heavy atom. The zero-order valence-corrected chi connectivity index (χ0v) is 16.6. The first-order chi connectivity index (χ1) is 12.8. The van der Waals surface area contributed by atoms with Gasteiger partial charge in [-0.1, -0.05) is 25.1 Å². The first-order valence-electron chi connectivity index (χ1n) is 8.96. The molecule has 144 valence electrons. The number of sulfone groups is 1. The summed E-state index contributed by atoms with van der Waals surface area (Å²) in [7, 11) is -1.43. The number of amides is 1. The molecule has 0 bridgehead atoms. The molecule has 0 spiro atoms. The Morgan fingerprint density at radius 1 is 1.33 bits per heavy atom. The van der Waals surface area contributed by atoms with Crippen LogP contribution < -0.4 is 5.32 Å². The van der Waals surface area contributed by atoms with Crippen molar-refractivity contribution in [3.63, 3.8) is 0 Å². The van der Waals surface area contributed by atoms with E-state index in [0.717, 1.165) is 23.2 Å². The van der Waals surface area contributed by atoms with Gasteiger partial charge in [0, 0.05) is 24.8 Å². The van der Waals surface area contributed by atoms with Crippen molar-refractivity contribution in [2.75, 3.05) is 23.9 Å². The Morgan fingerprint density at radius 2 is 2.11 bits per heavy atom. The third-order valence-corrected chi connectivity index (χ3v) is 6.71. The largest absolute Gasteiger partial charge is 0.340 e. The number of carbonyl (C=O) groups excluding carboxylic acids is 1. The van der Waals surface area contributed by atoms with Crippen molar-refractivity contribution in [1.82, 2.24) is 14.9 Å². The second-order valence-electron chi connectivity index (χ2n) is 6.85. The van der Waals surface area contributed by atoms with E-state index in [1.54, 1.807) is 13.1 Å². The minimum absolute atomic E-state index is 0.00843. The van der Waals surface area contributed by atoms with Crippen LogP contribution in [0.2, 0.25) is 0 Å². The molecule has 0 saturated carbocycles. The minimum Gasteiger partial charge on any atom is -0.340 e. The lowest BCUT2D eigenvalue weighted by atomic mass is 10.1. The van der Waals surface area contributed by atoms with Gasteiger partial charge >= 0.3 is 0 Å². The number of nitrogens with one attached hydrogen (secondary N) is 1. The van der Waals surface area contributed by atoms with Gasteiger partial charge < -0.3 is 10.2 Å². The highest BCUT2D eigenvalue weighted by Gasteiger charge is 2.33. The third-order valence-electron chi connectivity index (χ3n) is 4.96. The zero-order valence-electron chi connectivity index (χ0n) is 15.8. The Hall–Kier alpha value is -2.48. The van der Waals surface area contributed by atoms with E-state index in [1.165, 1.54) is 11.2 Å². The highest BCUT2D eigenvalue weighted by molar-refractivity contribution is 7.91. The second kappa shape index (κ2) is 7.64. The fourth-order valence-corrected chi connectivity index (χ4v) is 5.07. The molecule has 1 saturated heterocycles. The highest BCUT2D eigenvalue weighted by Crippen LogP contribution is 2.25. The summed E-state index contributed by atoms with van der Waals surface area (Å²) in [5, 5.41) is 3.29. The molecule has 8 heteroatoms. The molecule has 0 radical (unpaired) electrons. The summed E-state index contributed by atoms with van der Waals surface area (Å²) in [5.74, 6) is 0.362. The molecule has 1 aliphatic heterocycles. The van der Waals surface area contributed by atoms with Gasteiger partial charge in [-0.05, 0) is 30.9 Å². The Balaban J connectivity index is 1.81. The lowest BCUT2D eigenvalue weighted by Crippen LogP contribution is -2.38. The predicted octanol–water partition coefficient (Wildman–Crippen LogP) is 2.35. The Bertz CT molecular complexity index is 959. The van der Waals surface area contributed by atoms with Gasteiger partial charge in [0.2, 0.25) is 0 Å². The molecular weight excluding hydrogens is 364 g/mol. The summed E-state index contributed by atoms with van der Waals surface area (Å²) in [6, 6.07) is 7.38. The molecule has 1 N–H and O–H groups in total. The third kappa shape index (κ3) is 4.27. The topological polar surface area (TPSA) is 92.3 Å². The molecule has 1 atom stereocenters. The maximum Gasteiger partial charge on any atom is 0.272 e. The molecule has 7 nitrogen and oxygen atoms in total. The van der Waals surface area contributed by atoms with E-state index in [-0.39, 0.29) is 29.1 Å². The van der Waals surface area contributed by atoms with Crippen LogP contribution in [0.4, 0.5) is 11.5 Å². The van der Waals surface area contributed by atoms with Crippen molar-refractivity contribution in [2.24, 2.45) is 0 Å². The molecule has 0 aliphatic carbocycles. The molecule has 27 heavy (non-hydrogen) atoms. The number of para-hydroxylation sites is 1. The van der Waals surface area contributed by atoms with Crippen molar-refractivity contribution < 1.29 is 13.2 Å². The summed E-state index contributed by atoms with van der Waals surface area (Å²) in [4.78, 5) is 22.5. The van der Waals surface area contributed by atoms with Crippen LogP contribution in [0.1, 0.15) is 35.0 Å². The van der Waals surface area contributed by atoms with Crippen LogP contribution in [0.25, 0.3) is 0 Å². The molecule has 1 aliphatic rings. The molecule has 2 heterocycles. The normalized spacial score (nSPS) is 18.3. The summed E-state index contributed by atoms with van der Waals surface area (Å²) >= 11 is 0. The molecule has 2 aromatic rings. The van der Waals surface area contributed by atoms with Crippen molar-refractivity contribution in [2.45, 2.75) is 32.7 Å². The molecule has 3 rings (SSSR count). The molecular formula is C19H24N4O3S. The lowest BCUT2D eigenvalue weighted by Gasteiger charge is -2.23. The highest BCUT2D eigenvalue weighted by atomic mass is 32.2. The molecule has 1 fully saturated rings. The molecule has 1 aromatic carbocycles. The number of anilines is 2. The number of carbonyl (C=O) groups is 1. The molecule has 1 aromatic heterocycles. The fraction of sp³-hybridized carbons (Fsp3) is 0.421. The standard InChI is InChI=1S/C19H24N4O3S/c1-4-14-7-5-6-13(2)18(14)22-17-10-16(20-12-21-17)19(24)23(3)15-8-9-27(25,26)11-15/h5-7,10,12,15H,4,8-9,11H2,1-3H3,(H,20,21,22). The summed E-state index contributed by atoms with van der Waals surface area (Å²) in [6.07, 6.45) is 2.68. The van der Waals surface area contributed by atoms with E-state index in [4.69, 9.17) is 0 Å². The van der Waals surface area contributed by atoms with E-state index in [2.05, 4.69) is 28.3 Å². The van der Waals surface area contributed by atoms with Crippen molar-refractivity contribution >= 4 is 27.2 Å². The van der Waals surface area contributed by atoms with Crippen molar-refractivity contribution in [3.05, 3.63) is 47.4 Å². The summed E-state index contributed by atoms with van der Waals surface area (Å²) < 4.78 is 23.4. The van der Waals surface area contributed by atoms with Gasteiger partial charge in [-0.25, -0.2) is 18.4 Å². The lowest BCUT2D eigenvalue weighted by molar-refractivity contribution is 0.0741. The number of aromatic nitrogens is 2. The number of rotatable bonds is 5. The SMILES string of the molecule is CCc1cccc(C)c1Nc1cc(C(=O)N(C)C2CCS(=O)(=O)C2)ncn1. The smallest absolute Gasteiger partial charge is 0.272 e. The molecule has 1 unspecified atom stereocenters. The monoisotopic (exact) mass is 388 g/mol. The van der Waals surface area contributed by atoms with Crippen LogP contribution in [0, 0.1) is 6.92 Å². The Kier molecular flexibility index (Phi) is 5.46. The molecule has 1 amide bonds. The van der Waals surface area contributed by atoms with Crippen LogP contribution in [0.3, 0.4) is 0 Å². The van der Waals surface area contributed by atoms with Crippen molar-refractivity contribution in [1.29, 1.82) is 0 Å². The van der Waals surface area contributed by atoms with E-state index in [1.807, 2.05) is 19.1 Å². The Labute approximate surface area is 159 Å². The van der Waals surface area contributed by atoms with Crippen LogP contribution in [0.15, 0.2) is 30.6 Å². The van der Waals surface area contributed by atoms with E-state index in [0.29, 0.717) is 12.2 Å². The quantitative estimate of drug-likeness (QED) is 0.845. The second-order valence-corrected chi connectivity index (χ2v) is 9.08. The van der Waals surface area contributed by atoms with E-state index < -0.39 is 9.84 Å². The van der Waals surface area contributed by atoms with Gasteiger partial charge in [-0.3, -0.25) is 4.79 Å². The van der Waals surface area contributed by atoms with Gasteiger partial charge in [-0.15, -0.1) is 0 Å². The van der Waals surface area contributed by atoms with Gasteiger partial charge in [0.15, 0.2) is 9.84 Å². The van der Waals surface area contributed by atoms with Gasteiger partial charge in [0.1, 0.15) is 17.8 Å². The summed E-state index contributed by atoms with van der Waals surface area (Å²) in [5.41, 5.74) is 3.47. The van der Waals surface area contributed by atoms with Gasteiger partial charge in [0.05, 0.1) is 11.5 Å². The number of hydrogen-bond acceptors (Lipinski definition) is 6. The summed E-state index contributed by atoms with van der Waals surface area (Å²) in [6.45, 7) is 4.10. The average Bonchev–Trinajstić information content (AvgIpc) is 3.02. The number of benzene rings is 1. The van der Waals surface area contributed by atoms with Gasteiger partial charge in [-0.2, -0.15) is 0 Å². The van der Waals surface area contributed by atoms with Crippen LogP contribution in [0.5, 0.6) is 0 Å². The number of aryl methyl sites for hydroxylation is 2. The first kappa shape index (κ1) is 19.3.